The minimum absolute atomic E-state index is 0.319. The van der Waals surface area contributed by atoms with E-state index in [1.165, 1.54) is 9.80 Å². The number of urea groups is 1. The third-order valence-electron chi connectivity index (χ3n) is 7.01. The number of fused-ring (bicyclic) bond motifs is 2. The van der Waals surface area contributed by atoms with Gasteiger partial charge in [-0.2, -0.15) is 0 Å². The fourth-order valence-electron chi connectivity index (χ4n) is 4.96. The van der Waals surface area contributed by atoms with E-state index in [2.05, 4.69) is 5.32 Å². The van der Waals surface area contributed by atoms with Crippen molar-refractivity contribution in [2.24, 2.45) is 0 Å². The third kappa shape index (κ3) is 5.70. The Labute approximate surface area is 226 Å². The second-order valence-electron chi connectivity index (χ2n) is 9.29. The number of para-hydroxylation sites is 2. The molecule has 8 nitrogen and oxygen atoms in total. The zero-order valence-electron chi connectivity index (χ0n) is 21.7. The summed E-state index contributed by atoms with van der Waals surface area (Å²) in [4.78, 5) is 59.1. The summed E-state index contributed by atoms with van der Waals surface area (Å²) >= 11 is 1.58. The topological polar surface area (TPSA) is 90.0 Å². The molecule has 2 aliphatic rings. The van der Waals surface area contributed by atoms with Crippen molar-refractivity contribution in [3.05, 3.63) is 48.5 Å². The number of halogens is 1. The minimum Gasteiger partial charge on any atom is -0.344 e. The lowest BCUT2D eigenvalue weighted by Crippen LogP contribution is -2.58. The van der Waals surface area contributed by atoms with Crippen LogP contribution in [0, 0.1) is 0 Å². The van der Waals surface area contributed by atoms with E-state index in [1.807, 2.05) is 62.4 Å². The molecule has 2 heterocycles. The van der Waals surface area contributed by atoms with Crippen LogP contribution in [0.3, 0.4) is 0 Å². The molecule has 10 heteroatoms. The van der Waals surface area contributed by atoms with Crippen molar-refractivity contribution in [2.75, 3.05) is 31.2 Å². The molecule has 0 bridgehead atoms. The van der Waals surface area contributed by atoms with Crippen LogP contribution >= 0.6 is 11.8 Å². The molecular formula is C28H33FN4O4S. The first-order valence-electron chi connectivity index (χ1n) is 13.0. The quantitative estimate of drug-likeness (QED) is 0.531. The molecule has 1 N–H and O–H groups in total. The number of carbonyl (C=O) groups excluding carboxylic acids is 4. The molecule has 2 aliphatic heterocycles. The van der Waals surface area contributed by atoms with E-state index in [-0.39, 0.29) is 18.4 Å². The lowest BCUT2D eigenvalue weighted by molar-refractivity contribution is -0.136. The standard InChI is InChI=1S/C28H33FN4O4S/c1-3-31(4-2)26(35)17-19(23(34)18-29)30-27(36)22-13-9-10-16-32(22)28(37)33-20-11-5-7-14-24(20)38-25-15-8-6-12-21(25)33/h5-8,11-12,14-15,19,22H,3-4,9-10,13,16-18H2,1-2H3,(H,30,36)/t19?,22-/m0/s1. The van der Waals surface area contributed by atoms with Crippen molar-refractivity contribution in [1.82, 2.24) is 15.1 Å². The molecular weight excluding hydrogens is 507 g/mol. The van der Waals surface area contributed by atoms with Gasteiger partial charge in [-0.3, -0.25) is 19.3 Å². The first-order valence-corrected chi connectivity index (χ1v) is 13.8. The Morgan fingerprint density at radius 1 is 1.00 bits per heavy atom. The first-order chi connectivity index (χ1) is 18.4. The van der Waals surface area contributed by atoms with Crippen LogP contribution in [0.1, 0.15) is 39.5 Å². The summed E-state index contributed by atoms with van der Waals surface area (Å²) in [6.45, 7) is 3.59. The molecule has 4 rings (SSSR count). The highest BCUT2D eigenvalue weighted by Gasteiger charge is 2.39. The van der Waals surface area contributed by atoms with Crippen LogP contribution in [0.2, 0.25) is 0 Å². The van der Waals surface area contributed by atoms with Crippen LogP contribution in [-0.2, 0) is 14.4 Å². The number of benzene rings is 2. The van der Waals surface area contributed by atoms with Gasteiger partial charge in [-0.05, 0) is 57.4 Å². The Hall–Kier alpha value is -3.40. The largest absolute Gasteiger partial charge is 0.344 e. The molecule has 0 spiro atoms. The number of nitrogens with one attached hydrogen (secondary N) is 1. The zero-order chi connectivity index (χ0) is 27.2. The van der Waals surface area contributed by atoms with Crippen molar-refractivity contribution in [2.45, 2.75) is 61.4 Å². The highest BCUT2D eigenvalue weighted by Crippen LogP contribution is 2.48. The molecule has 2 aromatic rings. The maximum absolute atomic E-state index is 14.1. The predicted molar refractivity (Wildman–Crippen MR) is 144 cm³/mol. The van der Waals surface area contributed by atoms with Gasteiger partial charge in [0.2, 0.25) is 11.8 Å². The van der Waals surface area contributed by atoms with E-state index in [9.17, 15) is 23.6 Å². The smallest absolute Gasteiger partial charge is 0.329 e. The lowest BCUT2D eigenvalue weighted by atomic mass is 10.00. The first kappa shape index (κ1) is 27.6. The molecule has 0 aromatic heterocycles. The molecule has 0 radical (unpaired) electrons. The van der Waals surface area contributed by atoms with Crippen LogP contribution < -0.4 is 10.2 Å². The van der Waals surface area contributed by atoms with Gasteiger partial charge < -0.3 is 15.1 Å². The number of nitrogens with zero attached hydrogens (tertiary/aromatic N) is 3. The summed E-state index contributed by atoms with van der Waals surface area (Å²) in [7, 11) is 0. The Morgan fingerprint density at radius 2 is 1.61 bits per heavy atom. The fraction of sp³-hybridized carbons (Fsp3) is 0.429. The Balaban J connectivity index is 1.59. The van der Waals surface area contributed by atoms with Gasteiger partial charge in [-0.15, -0.1) is 0 Å². The van der Waals surface area contributed by atoms with Crippen molar-refractivity contribution in [3.63, 3.8) is 0 Å². The maximum Gasteiger partial charge on any atom is 0.329 e. The SMILES string of the molecule is CCN(CC)C(=O)CC(NC(=O)[C@@H]1CCCCN1C(=O)N1c2ccccc2Sc2ccccc21)C(=O)CF. The van der Waals surface area contributed by atoms with Crippen molar-refractivity contribution < 1.29 is 23.6 Å². The Kier molecular flexibility index (Phi) is 9.04. The van der Waals surface area contributed by atoms with E-state index in [0.717, 1.165) is 34.0 Å². The summed E-state index contributed by atoms with van der Waals surface area (Å²) < 4.78 is 13.4. The molecule has 2 aromatic carbocycles. The average Bonchev–Trinajstić information content (AvgIpc) is 2.95. The van der Waals surface area contributed by atoms with Crippen LogP contribution in [0.15, 0.2) is 58.3 Å². The van der Waals surface area contributed by atoms with Crippen LogP contribution in [0.5, 0.6) is 0 Å². The zero-order valence-corrected chi connectivity index (χ0v) is 22.5. The average molecular weight is 541 g/mol. The van der Waals surface area contributed by atoms with Gasteiger partial charge in [0, 0.05) is 29.4 Å². The second-order valence-corrected chi connectivity index (χ2v) is 10.4. The number of Topliss-reactive ketones (excluding diaryl/α,β-unsaturated/α-hetero) is 1. The van der Waals surface area contributed by atoms with E-state index in [0.29, 0.717) is 26.1 Å². The molecule has 0 saturated carbocycles. The molecule has 4 amide bonds. The van der Waals surface area contributed by atoms with Gasteiger partial charge in [-0.25, -0.2) is 9.18 Å². The Morgan fingerprint density at radius 3 is 2.18 bits per heavy atom. The van der Waals surface area contributed by atoms with E-state index in [1.54, 1.807) is 16.7 Å². The van der Waals surface area contributed by atoms with E-state index < -0.39 is 30.4 Å². The van der Waals surface area contributed by atoms with Gasteiger partial charge in [0.25, 0.3) is 0 Å². The van der Waals surface area contributed by atoms with Crippen LogP contribution in [-0.4, -0.2) is 71.8 Å². The summed E-state index contributed by atoms with van der Waals surface area (Å²) in [6.07, 6.45) is 1.55. The summed E-state index contributed by atoms with van der Waals surface area (Å²) in [5.74, 6) is -1.74. The molecule has 202 valence electrons. The third-order valence-corrected chi connectivity index (χ3v) is 8.14. The molecule has 1 fully saturated rings. The highest BCUT2D eigenvalue weighted by molar-refractivity contribution is 7.99. The van der Waals surface area contributed by atoms with E-state index in [4.69, 9.17) is 0 Å². The van der Waals surface area contributed by atoms with Crippen LogP contribution in [0.4, 0.5) is 20.6 Å². The molecule has 38 heavy (non-hydrogen) atoms. The predicted octanol–water partition coefficient (Wildman–Crippen LogP) is 4.55. The summed E-state index contributed by atoms with van der Waals surface area (Å²) in [6, 6.07) is 12.8. The number of carbonyl (C=O) groups is 4. The highest BCUT2D eigenvalue weighted by atomic mass is 32.2. The summed E-state index contributed by atoms with van der Waals surface area (Å²) in [5, 5.41) is 2.60. The molecule has 1 unspecified atom stereocenters. The Bertz CT molecular complexity index is 1160. The number of alkyl halides is 1. The van der Waals surface area contributed by atoms with Gasteiger partial charge in [-0.1, -0.05) is 36.0 Å². The minimum atomic E-state index is -1.29. The molecule has 2 atom stereocenters. The van der Waals surface area contributed by atoms with Gasteiger partial charge >= 0.3 is 6.03 Å². The maximum atomic E-state index is 14.1. The van der Waals surface area contributed by atoms with Gasteiger partial charge in [0.1, 0.15) is 12.7 Å². The van der Waals surface area contributed by atoms with Gasteiger partial charge in [0.05, 0.1) is 23.8 Å². The number of hydrogen-bond donors (Lipinski definition) is 1. The lowest BCUT2D eigenvalue weighted by Gasteiger charge is -2.40. The monoisotopic (exact) mass is 540 g/mol. The summed E-state index contributed by atoms with van der Waals surface area (Å²) in [5.41, 5.74) is 1.47. The number of hydrogen-bond acceptors (Lipinski definition) is 5. The second kappa shape index (κ2) is 12.4. The number of ketones is 1. The number of likely N-dealkylation sites (tertiary alicyclic amines) is 1. The van der Waals surface area contributed by atoms with E-state index >= 15 is 0 Å². The fourth-order valence-corrected chi connectivity index (χ4v) is 6.02. The number of piperidine rings is 1. The normalized spacial score (nSPS) is 17.2. The number of anilines is 2. The van der Waals surface area contributed by atoms with Gasteiger partial charge in [0.15, 0.2) is 5.78 Å². The number of rotatable bonds is 8. The molecule has 0 aliphatic carbocycles. The van der Waals surface area contributed by atoms with Crippen molar-refractivity contribution >= 4 is 46.8 Å². The van der Waals surface area contributed by atoms with Crippen LogP contribution in [0.25, 0.3) is 0 Å². The van der Waals surface area contributed by atoms with Crippen molar-refractivity contribution in [1.29, 1.82) is 0 Å². The molecule has 1 saturated heterocycles. The van der Waals surface area contributed by atoms with Crippen molar-refractivity contribution in [3.8, 4) is 0 Å². The number of amides is 4.